The van der Waals surface area contributed by atoms with Crippen LogP contribution in [0.15, 0.2) is 12.1 Å². The fourth-order valence-electron chi connectivity index (χ4n) is 0.892. The number of carbonyl (C=O) groups excluding carboxylic acids is 1. The number of carbonyl (C=O) groups is 1. The Morgan fingerprint density at radius 3 is 2.31 bits per heavy atom. The summed E-state index contributed by atoms with van der Waals surface area (Å²) in [7, 11) is 0. The molecule has 0 heterocycles. The van der Waals surface area contributed by atoms with Crippen molar-refractivity contribution in [2.75, 3.05) is 0 Å². The standard InChI is InChI=1S/C8H5F3O2/c9-5-1-2-6(10)8(11)4(5)3-7(12)13/h1-2H,3H2,(H,12,13)/p+1. The highest BCUT2D eigenvalue weighted by atomic mass is 19.2. The van der Waals surface area contributed by atoms with Gasteiger partial charge in [0.25, 0.3) is 0 Å². The van der Waals surface area contributed by atoms with E-state index in [4.69, 9.17) is 5.11 Å². The third kappa shape index (κ3) is 1.99. The van der Waals surface area contributed by atoms with E-state index in [2.05, 4.69) is 0 Å². The molecule has 0 amide bonds. The topological polar surface area (TPSA) is 40.0 Å². The van der Waals surface area contributed by atoms with Crippen molar-refractivity contribution < 1.29 is 23.1 Å². The summed E-state index contributed by atoms with van der Waals surface area (Å²) >= 11 is 0. The van der Waals surface area contributed by atoms with Gasteiger partial charge in [-0.3, -0.25) is 0 Å². The van der Waals surface area contributed by atoms with Crippen LogP contribution >= 0.6 is 0 Å². The Hall–Kier alpha value is -1.52. The summed E-state index contributed by atoms with van der Waals surface area (Å²) in [4.78, 5) is 10.2. The number of benzene rings is 1. The van der Waals surface area contributed by atoms with Gasteiger partial charge in [-0.1, -0.05) is 0 Å². The highest BCUT2D eigenvalue weighted by Gasteiger charge is 2.19. The maximum atomic E-state index is 12.8. The molecule has 70 valence electrons. The van der Waals surface area contributed by atoms with Crippen LogP contribution in [0.4, 0.5) is 13.2 Å². The zero-order valence-corrected chi connectivity index (χ0v) is 6.40. The van der Waals surface area contributed by atoms with Crippen molar-refractivity contribution in [3.8, 4) is 0 Å². The number of hydrogen-bond donors (Lipinski definition) is 0. The van der Waals surface area contributed by atoms with Gasteiger partial charge in [-0.05, 0) is 12.1 Å². The van der Waals surface area contributed by atoms with E-state index in [1.54, 1.807) is 0 Å². The van der Waals surface area contributed by atoms with E-state index in [1.807, 2.05) is 0 Å². The fourth-order valence-corrected chi connectivity index (χ4v) is 0.892. The molecule has 0 atom stereocenters. The van der Waals surface area contributed by atoms with Crippen LogP contribution in [0.2, 0.25) is 0 Å². The minimum absolute atomic E-state index is 0.628. The second-order valence-corrected chi connectivity index (χ2v) is 2.42. The van der Waals surface area contributed by atoms with E-state index in [1.165, 1.54) is 0 Å². The molecule has 0 aliphatic carbocycles. The van der Waals surface area contributed by atoms with Crippen molar-refractivity contribution in [1.29, 1.82) is 0 Å². The fraction of sp³-hybridized carbons (Fsp3) is 0.125. The first-order valence-corrected chi connectivity index (χ1v) is 3.39. The third-order valence-corrected chi connectivity index (χ3v) is 1.48. The van der Waals surface area contributed by atoms with Crippen LogP contribution in [-0.2, 0) is 11.2 Å². The lowest BCUT2D eigenvalue weighted by atomic mass is 10.1. The quantitative estimate of drug-likeness (QED) is 0.505. The van der Waals surface area contributed by atoms with Gasteiger partial charge in [-0.25, -0.2) is 13.2 Å². The van der Waals surface area contributed by atoms with Crippen LogP contribution in [0.5, 0.6) is 0 Å². The van der Waals surface area contributed by atoms with Crippen molar-refractivity contribution in [1.82, 2.24) is 0 Å². The van der Waals surface area contributed by atoms with Gasteiger partial charge in [0, 0.05) is 10.4 Å². The van der Waals surface area contributed by atoms with Crippen LogP contribution in [-0.4, -0.2) is 11.1 Å². The lowest BCUT2D eigenvalue weighted by molar-refractivity contribution is -0.136. The summed E-state index contributed by atoms with van der Waals surface area (Å²) in [6.07, 6.45) is -0.755. The molecule has 1 aromatic rings. The smallest absolute Gasteiger partial charge is 0.520 e. The van der Waals surface area contributed by atoms with Crippen molar-refractivity contribution in [2.45, 2.75) is 6.42 Å². The van der Waals surface area contributed by atoms with E-state index in [9.17, 15) is 18.0 Å². The van der Waals surface area contributed by atoms with E-state index in [-0.39, 0.29) is 0 Å². The molecule has 0 spiro atoms. The Balaban J connectivity index is 3.17. The molecule has 0 bridgehead atoms. The van der Waals surface area contributed by atoms with E-state index in [0.29, 0.717) is 6.07 Å². The molecule has 0 saturated heterocycles. The molecule has 2 N–H and O–H groups in total. The van der Waals surface area contributed by atoms with Gasteiger partial charge in [0.2, 0.25) is 0 Å². The van der Waals surface area contributed by atoms with E-state index in [0.717, 1.165) is 6.07 Å². The summed E-state index contributed by atoms with van der Waals surface area (Å²) in [5.74, 6) is -4.80. The molecule has 1 rings (SSSR count). The lowest BCUT2D eigenvalue weighted by Crippen LogP contribution is -2.06. The summed E-state index contributed by atoms with van der Waals surface area (Å²) < 4.78 is 38.0. The van der Waals surface area contributed by atoms with Crippen molar-refractivity contribution in [3.63, 3.8) is 0 Å². The number of hydrogen-bond acceptors (Lipinski definition) is 1. The van der Waals surface area contributed by atoms with Gasteiger partial charge in [-0.15, -0.1) is 0 Å². The summed E-state index contributed by atoms with van der Waals surface area (Å²) in [6, 6.07) is 1.35. The molecule has 0 radical (unpaired) electrons. The molecule has 1 aromatic carbocycles. The first-order valence-electron chi connectivity index (χ1n) is 3.39. The summed E-state index contributed by atoms with van der Waals surface area (Å²) in [5, 5.41) is 6.48. The summed E-state index contributed by atoms with van der Waals surface area (Å²) in [5.41, 5.74) is -0.694. The highest BCUT2D eigenvalue weighted by Crippen LogP contribution is 2.16. The van der Waals surface area contributed by atoms with E-state index >= 15 is 0 Å². The maximum Gasteiger partial charge on any atom is 0.520 e. The second kappa shape index (κ2) is 3.47. The van der Waals surface area contributed by atoms with Gasteiger partial charge in [0.15, 0.2) is 11.6 Å². The Morgan fingerprint density at radius 1 is 1.23 bits per heavy atom. The predicted octanol–water partition coefficient (Wildman–Crippen LogP) is 0.898. The number of rotatable bonds is 2. The Kier molecular flexibility index (Phi) is 2.55. The molecule has 0 unspecified atom stereocenters. The average molecular weight is 191 g/mol. The van der Waals surface area contributed by atoms with Crippen molar-refractivity contribution in [3.05, 3.63) is 35.1 Å². The molecule has 0 aromatic heterocycles. The predicted molar refractivity (Wildman–Crippen MR) is 38.6 cm³/mol. The van der Waals surface area contributed by atoms with Crippen LogP contribution < -0.4 is 0 Å². The minimum Gasteiger partial charge on any atom is -0.564 e. The first-order chi connectivity index (χ1) is 6.02. The molecule has 0 fully saturated rings. The van der Waals surface area contributed by atoms with Crippen molar-refractivity contribution in [2.24, 2.45) is 0 Å². The van der Waals surface area contributed by atoms with Crippen LogP contribution in [0.1, 0.15) is 5.56 Å². The molecule has 2 nitrogen and oxygen atoms in total. The van der Waals surface area contributed by atoms with Gasteiger partial charge in [0.1, 0.15) is 12.2 Å². The molecule has 13 heavy (non-hydrogen) atoms. The molecule has 0 aliphatic heterocycles. The van der Waals surface area contributed by atoms with Gasteiger partial charge >= 0.3 is 5.97 Å². The van der Waals surface area contributed by atoms with Crippen LogP contribution in [0.25, 0.3) is 0 Å². The molecular formula is C8H6F3O2+. The summed E-state index contributed by atoms with van der Waals surface area (Å²) in [6.45, 7) is 0. The molecule has 5 heteroatoms. The molecule has 0 saturated carbocycles. The average Bonchev–Trinajstić information content (AvgIpc) is 2.05. The third-order valence-electron chi connectivity index (χ3n) is 1.48. The zero-order valence-electron chi connectivity index (χ0n) is 6.40. The van der Waals surface area contributed by atoms with Crippen molar-refractivity contribution >= 4 is 5.97 Å². The first kappa shape index (κ1) is 9.57. The minimum atomic E-state index is -1.40. The van der Waals surface area contributed by atoms with Crippen LogP contribution in [0, 0.1) is 17.5 Å². The number of halogens is 3. The SMILES string of the molecule is O=C([OH2+])Cc1c(F)ccc(F)c1F. The Morgan fingerprint density at radius 2 is 1.77 bits per heavy atom. The maximum absolute atomic E-state index is 12.8. The van der Waals surface area contributed by atoms with Gasteiger partial charge < -0.3 is 5.11 Å². The second-order valence-electron chi connectivity index (χ2n) is 2.42. The van der Waals surface area contributed by atoms with Crippen LogP contribution in [0.3, 0.4) is 0 Å². The largest absolute Gasteiger partial charge is 0.564 e. The van der Waals surface area contributed by atoms with E-state index < -0.39 is 35.4 Å². The normalized spacial score (nSPS) is 10.1. The van der Waals surface area contributed by atoms with Gasteiger partial charge in [-0.2, -0.15) is 0 Å². The van der Waals surface area contributed by atoms with Gasteiger partial charge in [0.05, 0.1) is 0 Å². The zero-order chi connectivity index (χ0) is 10.0. The molecule has 0 aliphatic rings. The monoisotopic (exact) mass is 191 g/mol. The Bertz CT molecular complexity index is 349. The molecular weight excluding hydrogens is 185 g/mol. The highest BCUT2D eigenvalue weighted by molar-refractivity contribution is 5.70. The Labute approximate surface area is 71.6 Å². The lowest BCUT2D eigenvalue weighted by Gasteiger charge is -1.99.